The zero-order chi connectivity index (χ0) is 15.8. The lowest BCUT2D eigenvalue weighted by molar-refractivity contribution is 0.130. The Kier molecular flexibility index (Phi) is 4.24. The summed E-state index contributed by atoms with van der Waals surface area (Å²) in [4.78, 5) is 13.2. The fourth-order valence-corrected chi connectivity index (χ4v) is 3.59. The second-order valence-corrected chi connectivity index (χ2v) is 6.96. The smallest absolute Gasteiger partial charge is 0.410 e. The lowest BCUT2D eigenvalue weighted by Gasteiger charge is -2.16. The first-order valence-electron chi connectivity index (χ1n) is 6.62. The monoisotopic (exact) mass is 317 g/mol. The predicted molar refractivity (Wildman–Crippen MR) is 73.3 cm³/mol. The number of nitrogens with zero attached hydrogens (tertiary/aromatic N) is 2. The van der Waals surface area contributed by atoms with Gasteiger partial charge in [0.05, 0.1) is 6.54 Å². The van der Waals surface area contributed by atoms with Crippen molar-refractivity contribution in [3.8, 4) is 0 Å². The van der Waals surface area contributed by atoms with Gasteiger partial charge in [0.1, 0.15) is 16.7 Å². The van der Waals surface area contributed by atoms with Gasteiger partial charge in [-0.25, -0.2) is 17.9 Å². The van der Waals surface area contributed by atoms with Gasteiger partial charge < -0.3 is 14.2 Å². The van der Waals surface area contributed by atoms with Gasteiger partial charge in [-0.15, -0.1) is 0 Å². The number of ether oxygens (including phenoxy) is 1. The minimum absolute atomic E-state index is 0.0152. The van der Waals surface area contributed by atoms with Crippen LogP contribution in [0.3, 0.4) is 0 Å². The quantitative estimate of drug-likeness (QED) is 0.862. The van der Waals surface area contributed by atoms with Crippen LogP contribution < -0.4 is 4.72 Å². The number of rotatable bonds is 5. The number of nitrogens with one attached hydrogen (secondary N) is 1. The molecule has 1 fully saturated rings. The van der Waals surface area contributed by atoms with Crippen molar-refractivity contribution in [1.29, 1.82) is 0 Å². The van der Waals surface area contributed by atoms with Crippen LogP contribution in [0.15, 0.2) is 9.42 Å². The average Bonchev–Trinajstić information content (AvgIpc) is 2.91. The average molecular weight is 317 g/mol. The summed E-state index contributed by atoms with van der Waals surface area (Å²) in [6.07, 6.45) is -0.929. The number of carbonyl (C=O) groups is 1. The van der Waals surface area contributed by atoms with Crippen molar-refractivity contribution in [2.45, 2.75) is 44.7 Å². The van der Waals surface area contributed by atoms with Crippen LogP contribution in [0.4, 0.5) is 4.79 Å². The zero-order valence-corrected chi connectivity index (χ0v) is 13.2. The van der Waals surface area contributed by atoms with Crippen LogP contribution in [0.1, 0.15) is 25.3 Å². The molecule has 0 spiro atoms. The maximum Gasteiger partial charge on any atom is 0.410 e. The van der Waals surface area contributed by atoms with Crippen molar-refractivity contribution in [2.24, 2.45) is 0 Å². The van der Waals surface area contributed by atoms with Crippen LogP contribution in [-0.2, 0) is 14.8 Å². The number of sulfonamides is 1. The Bertz CT molecular complexity index is 618. The third kappa shape index (κ3) is 3.18. The van der Waals surface area contributed by atoms with E-state index in [0.717, 1.165) is 0 Å². The van der Waals surface area contributed by atoms with Crippen LogP contribution in [0, 0.1) is 13.8 Å². The molecule has 0 radical (unpaired) electrons. The van der Waals surface area contributed by atoms with Crippen molar-refractivity contribution in [3.63, 3.8) is 0 Å². The Morgan fingerprint density at radius 2 is 2.10 bits per heavy atom. The number of aryl methyl sites for hydroxylation is 2. The second kappa shape index (κ2) is 5.64. The third-order valence-corrected chi connectivity index (χ3v) is 4.93. The van der Waals surface area contributed by atoms with E-state index in [0.29, 0.717) is 12.2 Å². The normalized spacial score (nSPS) is 19.4. The highest BCUT2D eigenvalue weighted by atomic mass is 32.2. The molecule has 8 nitrogen and oxygen atoms in total. The fraction of sp³-hybridized carbons (Fsp3) is 0.667. The van der Waals surface area contributed by atoms with E-state index in [1.165, 1.54) is 6.92 Å². The number of hydrogen-bond acceptors (Lipinski definition) is 6. The summed E-state index contributed by atoms with van der Waals surface area (Å²) < 4.78 is 36.9. The van der Waals surface area contributed by atoms with E-state index in [1.807, 2.05) is 13.8 Å². The highest BCUT2D eigenvalue weighted by Crippen LogP contribution is 2.19. The molecule has 1 N–H and O–H groups in total. The van der Waals surface area contributed by atoms with Crippen molar-refractivity contribution in [1.82, 2.24) is 14.8 Å². The summed E-state index contributed by atoms with van der Waals surface area (Å²) in [6, 6.07) is 0.0154. The number of carbonyl (C=O) groups excluding carboxylic acids is 1. The molecule has 1 amide bonds. The second-order valence-electron chi connectivity index (χ2n) is 5.26. The summed E-state index contributed by atoms with van der Waals surface area (Å²) >= 11 is 0. The molecule has 21 heavy (non-hydrogen) atoms. The Hall–Kier alpha value is -1.61. The lowest BCUT2D eigenvalue weighted by atomic mass is 10.3. The molecule has 2 heterocycles. The van der Waals surface area contributed by atoms with Gasteiger partial charge in [-0.05, 0) is 27.7 Å². The zero-order valence-electron chi connectivity index (χ0n) is 12.4. The van der Waals surface area contributed by atoms with Crippen molar-refractivity contribution in [3.05, 3.63) is 11.5 Å². The SMILES string of the molecule is Cc1noc(C)c1S(=O)(=O)NCC1CN(C(C)C)C(=O)O1. The van der Waals surface area contributed by atoms with Gasteiger partial charge >= 0.3 is 6.09 Å². The maximum absolute atomic E-state index is 12.2. The molecular formula is C12H19N3O5S. The number of amides is 1. The standard InChI is InChI=1S/C12H19N3O5S/c1-7(2)15-6-10(19-12(15)16)5-13-21(17,18)11-8(3)14-20-9(11)4/h7,10,13H,5-6H2,1-4H3. The fourth-order valence-electron chi connectivity index (χ4n) is 2.20. The van der Waals surface area contributed by atoms with Crippen LogP contribution in [0.25, 0.3) is 0 Å². The van der Waals surface area contributed by atoms with Crippen LogP contribution >= 0.6 is 0 Å². The first kappa shape index (κ1) is 15.8. The van der Waals surface area contributed by atoms with E-state index in [2.05, 4.69) is 9.88 Å². The number of aromatic nitrogens is 1. The lowest BCUT2D eigenvalue weighted by Crippen LogP contribution is -2.36. The number of hydrogen-bond donors (Lipinski definition) is 1. The van der Waals surface area contributed by atoms with E-state index >= 15 is 0 Å². The minimum atomic E-state index is -3.74. The van der Waals surface area contributed by atoms with Gasteiger partial charge in [-0.1, -0.05) is 5.16 Å². The van der Waals surface area contributed by atoms with Crippen molar-refractivity contribution in [2.75, 3.05) is 13.1 Å². The molecular weight excluding hydrogens is 298 g/mol. The first-order valence-corrected chi connectivity index (χ1v) is 8.10. The van der Waals surface area contributed by atoms with Crippen molar-refractivity contribution >= 4 is 16.1 Å². The molecule has 1 saturated heterocycles. The van der Waals surface area contributed by atoms with E-state index < -0.39 is 22.2 Å². The summed E-state index contributed by atoms with van der Waals surface area (Å²) in [6.45, 7) is 7.21. The first-order chi connectivity index (χ1) is 9.72. The van der Waals surface area contributed by atoms with Gasteiger partial charge in [-0.2, -0.15) is 0 Å². The van der Waals surface area contributed by atoms with Crippen LogP contribution in [0.5, 0.6) is 0 Å². The third-order valence-electron chi connectivity index (χ3n) is 3.26. The molecule has 0 aliphatic carbocycles. The molecule has 0 bridgehead atoms. The highest BCUT2D eigenvalue weighted by molar-refractivity contribution is 7.89. The highest BCUT2D eigenvalue weighted by Gasteiger charge is 2.34. The molecule has 9 heteroatoms. The van der Waals surface area contributed by atoms with Crippen LogP contribution in [-0.4, -0.2) is 49.8 Å². The van der Waals surface area contributed by atoms with Gasteiger partial charge in [0.15, 0.2) is 5.76 Å². The molecule has 1 aliphatic rings. The predicted octanol–water partition coefficient (Wildman–Crippen LogP) is 0.799. The van der Waals surface area contributed by atoms with Gasteiger partial charge in [0.25, 0.3) is 0 Å². The maximum atomic E-state index is 12.2. The van der Waals surface area contributed by atoms with Gasteiger partial charge in [0.2, 0.25) is 10.0 Å². The molecule has 1 unspecified atom stereocenters. The Morgan fingerprint density at radius 1 is 1.43 bits per heavy atom. The van der Waals surface area contributed by atoms with E-state index in [9.17, 15) is 13.2 Å². The van der Waals surface area contributed by atoms with E-state index in [-0.39, 0.29) is 23.2 Å². The van der Waals surface area contributed by atoms with Crippen molar-refractivity contribution < 1.29 is 22.5 Å². The summed E-state index contributed by atoms with van der Waals surface area (Å²) in [5, 5.41) is 3.62. The molecule has 1 aliphatic heterocycles. The Morgan fingerprint density at radius 3 is 2.57 bits per heavy atom. The molecule has 118 valence electrons. The summed E-state index contributed by atoms with van der Waals surface area (Å²) in [5.41, 5.74) is 0.298. The molecule has 1 aromatic heterocycles. The number of cyclic esters (lactones) is 1. The van der Waals surface area contributed by atoms with E-state index in [1.54, 1.807) is 11.8 Å². The van der Waals surface area contributed by atoms with Gasteiger partial charge in [-0.3, -0.25) is 0 Å². The molecule has 0 saturated carbocycles. The molecule has 0 aromatic carbocycles. The largest absolute Gasteiger partial charge is 0.443 e. The van der Waals surface area contributed by atoms with E-state index in [4.69, 9.17) is 9.26 Å². The molecule has 1 atom stereocenters. The van der Waals surface area contributed by atoms with Gasteiger partial charge in [0, 0.05) is 12.6 Å². The van der Waals surface area contributed by atoms with Crippen LogP contribution in [0.2, 0.25) is 0 Å². The topological polar surface area (TPSA) is 102 Å². The Balaban J connectivity index is 2.02. The molecule has 1 aromatic rings. The minimum Gasteiger partial charge on any atom is -0.443 e. The summed E-state index contributed by atoms with van der Waals surface area (Å²) in [7, 11) is -3.74. The Labute approximate surface area is 123 Å². The molecule has 2 rings (SSSR count). The summed E-state index contributed by atoms with van der Waals surface area (Å²) in [5.74, 6) is 0.229.